The number of hydrogen-bond donors (Lipinski definition) is 1. The minimum Gasteiger partial charge on any atom is -0.382 e. The average molecular weight is 286 g/mol. The largest absolute Gasteiger partial charge is 0.382 e. The lowest BCUT2D eigenvalue weighted by atomic mass is 10.00. The van der Waals surface area contributed by atoms with Crippen molar-refractivity contribution in [2.75, 3.05) is 25.1 Å². The van der Waals surface area contributed by atoms with Crippen molar-refractivity contribution in [3.8, 4) is 0 Å². The quantitative estimate of drug-likeness (QED) is 0.807. The highest BCUT2D eigenvalue weighted by molar-refractivity contribution is 7.88. The first-order valence-corrected chi connectivity index (χ1v) is 8.00. The molecule has 2 heterocycles. The van der Waals surface area contributed by atoms with Crippen LogP contribution in [0.15, 0.2) is 16.9 Å². The van der Waals surface area contributed by atoms with Crippen LogP contribution in [0.1, 0.15) is 12.8 Å². The molecular formula is C11H18N4O3S. The Kier molecular flexibility index (Phi) is 3.91. The summed E-state index contributed by atoms with van der Waals surface area (Å²) in [4.78, 5) is 11.6. The molecule has 1 aromatic rings. The summed E-state index contributed by atoms with van der Waals surface area (Å²) < 4.78 is 25.8. The third kappa shape index (κ3) is 3.54. The van der Waals surface area contributed by atoms with Crippen LogP contribution in [0.3, 0.4) is 0 Å². The van der Waals surface area contributed by atoms with E-state index in [0.717, 1.165) is 12.8 Å². The summed E-state index contributed by atoms with van der Waals surface area (Å²) >= 11 is 0. The second-order valence-electron chi connectivity index (χ2n) is 4.91. The molecule has 106 valence electrons. The molecule has 0 saturated carbocycles. The molecule has 0 bridgehead atoms. The predicted molar refractivity (Wildman–Crippen MR) is 72.1 cm³/mol. The molecule has 1 atom stereocenters. The van der Waals surface area contributed by atoms with Gasteiger partial charge in [-0.1, -0.05) is 0 Å². The Hall–Kier alpha value is -1.41. The summed E-state index contributed by atoms with van der Waals surface area (Å²) in [5.41, 5.74) is 5.34. The first kappa shape index (κ1) is 14.0. The van der Waals surface area contributed by atoms with E-state index < -0.39 is 10.0 Å². The van der Waals surface area contributed by atoms with E-state index >= 15 is 0 Å². The Morgan fingerprint density at radius 3 is 2.89 bits per heavy atom. The van der Waals surface area contributed by atoms with Gasteiger partial charge >= 0.3 is 0 Å². The molecule has 8 heteroatoms. The van der Waals surface area contributed by atoms with Crippen LogP contribution >= 0.6 is 0 Å². The molecule has 2 rings (SSSR count). The summed E-state index contributed by atoms with van der Waals surface area (Å²) in [5, 5.41) is 3.97. The lowest BCUT2D eigenvalue weighted by molar-refractivity contribution is 0.238. The number of nitrogens with two attached hydrogens (primary N) is 1. The molecule has 1 aliphatic heterocycles. The van der Waals surface area contributed by atoms with Gasteiger partial charge in [0.05, 0.1) is 6.26 Å². The van der Waals surface area contributed by atoms with Gasteiger partial charge in [0, 0.05) is 25.7 Å². The molecule has 1 unspecified atom stereocenters. The fourth-order valence-electron chi connectivity index (χ4n) is 2.32. The number of sulfonamides is 1. The second kappa shape index (κ2) is 5.30. The maximum atomic E-state index is 11.6. The van der Waals surface area contributed by atoms with Gasteiger partial charge in [0.2, 0.25) is 10.0 Å². The van der Waals surface area contributed by atoms with Gasteiger partial charge in [0.25, 0.3) is 5.56 Å². The van der Waals surface area contributed by atoms with E-state index in [2.05, 4.69) is 5.10 Å². The van der Waals surface area contributed by atoms with E-state index in [4.69, 9.17) is 5.73 Å². The minimum atomic E-state index is -3.17. The van der Waals surface area contributed by atoms with Crippen molar-refractivity contribution in [1.82, 2.24) is 14.1 Å². The zero-order chi connectivity index (χ0) is 14.0. The second-order valence-corrected chi connectivity index (χ2v) is 6.89. The molecule has 19 heavy (non-hydrogen) atoms. The molecule has 7 nitrogen and oxygen atoms in total. The van der Waals surface area contributed by atoms with Crippen LogP contribution in [0.5, 0.6) is 0 Å². The molecule has 0 aromatic carbocycles. The number of nitrogens with zero attached hydrogens (tertiary/aromatic N) is 3. The van der Waals surface area contributed by atoms with Crippen molar-refractivity contribution in [2.24, 2.45) is 5.92 Å². The van der Waals surface area contributed by atoms with Crippen LogP contribution in [0.25, 0.3) is 0 Å². The molecule has 0 spiro atoms. The fourth-order valence-corrected chi connectivity index (χ4v) is 3.26. The van der Waals surface area contributed by atoms with Crippen LogP contribution in [0.4, 0.5) is 5.82 Å². The summed E-state index contributed by atoms with van der Waals surface area (Å²) in [7, 11) is -3.17. The lowest BCUT2D eigenvalue weighted by Crippen LogP contribution is -2.41. The summed E-state index contributed by atoms with van der Waals surface area (Å²) in [6.45, 7) is 1.38. The number of rotatable bonds is 3. The van der Waals surface area contributed by atoms with Crippen molar-refractivity contribution in [3.63, 3.8) is 0 Å². The monoisotopic (exact) mass is 286 g/mol. The number of anilines is 1. The van der Waals surface area contributed by atoms with Gasteiger partial charge in [-0.25, -0.2) is 17.4 Å². The first-order chi connectivity index (χ1) is 8.86. The van der Waals surface area contributed by atoms with Gasteiger partial charge in [-0.2, -0.15) is 5.10 Å². The minimum absolute atomic E-state index is 0.0930. The van der Waals surface area contributed by atoms with Gasteiger partial charge < -0.3 is 5.73 Å². The van der Waals surface area contributed by atoms with Gasteiger partial charge in [0.1, 0.15) is 5.82 Å². The van der Waals surface area contributed by atoms with E-state index in [-0.39, 0.29) is 17.3 Å². The molecule has 1 aliphatic rings. The Morgan fingerprint density at radius 2 is 2.21 bits per heavy atom. The van der Waals surface area contributed by atoms with Gasteiger partial charge in [-0.05, 0) is 24.8 Å². The van der Waals surface area contributed by atoms with E-state index in [1.807, 2.05) is 0 Å². The maximum absolute atomic E-state index is 11.6. The predicted octanol–water partition coefficient (Wildman–Crippen LogP) is -0.503. The number of nitrogen functional groups attached to an aromatic ring is 1. The molecular weight excluding hydrogens is 268 g/mol. The Labute approximate surface area is 112 Å². The summed E-state index contributed by atoms with van der Waals surface area (Å²) in [6.07, 6.45) is 2.89. The van der Waals surface area contributed by atoms with E-state index in [9.17, 15) is 13.2 Å². The van der Waals surface area contributed by atoms with Gasteiger partial charge in [-0.3, -0.25) is 4.79 Å². The Bertz CT molecular complexity index is 611. The van der Waals surface area contributed by atoms with E-state index in [1.165, 1.54) is 27.4 Å². The average Bonchev–Trinajstić information content (AvgIpc) is 2.33. The standard InChI is InChI=1S/C11H18N4O3S/c1-19(17,18)14-6-2-3-9(7-14)8-15-11(16)5-4-10(12)13-15/h4-5,9H,2-3,6-8H2,1H3,(H2,12,13). The van der Waals surface area contributed by atoms with Gasteiger partial charge in [0.15, 0.2) is 0 Å². The molecule has 0 radical (unpaired) electrons. The van der Waals surface area contributed by atoms with Crippen LogP contribution < -0.4 is 11.3 Å². The molecule has 1 aromatic heterocycles. The highest BCUT2D eigenvalue weighted by Gasteiger charge is 2.26. The first-order valence-electron chi connectivity index (χ1n) is 6.15. The van der Waals surface area contributed by atoms with Crippen molar-refractivity contribution >= 4 is 15.8 Å². The fraction of sp³-hybridized carbons (Fsp3) is 0.636. The number of aromatic nitrogens is 2. The van der Waals surface area contributed by atoms with Crippen molar-refractivity contribution < 1.29 is 8.42 Å². The van der Waals surface area contributed by atoms with Crippen molar-refractivity contribution in [1.29, 1.82) is 0 Å². The molecule has 1 saturated heterocycles. The SMILES string of the molecule is CS(=O)(=O)N1CCCC(Cn2nc(N)ccc2=O)C1. The van der Waals surface area contributed by atoms with Crippen LogP contribution in [-0.4, -0.2) is 41.8 Å². The summed E-state index contributed by atoms with van der Waals surface area (Å²) in [6, 6.07) is 2.84. The normalized spacial score (nSPS) is 21.4. The molecule has 0 amide bonds. The molecule has 2 N–H and O–H groups in total. The zero-order valence-corrected chi connectivity index (χ0v) is 11.6. The lowest BCUT2D eigenvalue weighted by Gasteiger charge is -2.30. The third-order valence-electron chi connectivity index (χ3n) is 3.27. The Balaban J connectivity index is 2.11. The van der Waals surface area contributed by atoms with Crippen molar-refractivity contribution in [2.45, 2.75) is 19.4 Å². The van der Waals surface area contributed by atoms with E-state index in [0.29, 0.717) is 19.6 Å². The van der Waals surface area contributed by atoms with Crippen LogP contribution in [-0.2, 0) is 16.6 Å². The van der Waals surface area contributed by atoms with Crippen LogP contribution in [0, 0.1) is 5.92 Å². The van der Waals surface area contributed by atoms with Gasteiger partial charge in [-0.15, -0.1) is 0 Å². The number of piperidine rings is 1. The number of hydrogen-bond acceptors (Lipinski definition) is 5. The van der Waals surface area contributed by atoms with E-state index in [1.54, 1.807) is 0 Å². The third-order valence-corrected chi connectivity index (χ3v) is 4.54. The molecule has 0 aliphatic carbocycles. The smallest absolute Gasteiger partial charge is 0.266 e. The summed E-state index contributed by atoms with van der Waals surface area (Å²) in [5.74, 6) is 0.380. The zero-order valence-electron chi connectivity index (χ0n) is 10.8. The highest BCUT2D eigenvalue weighted by atomic mass is 32.2. The highest BCUT2D eigenvalue weighted by Crippen LogP contribution is 2.19. The topological polar surface area (TPSA) is 98.3 Å². The van der Waals surface area contributed by atoms with Crippen LogP contribution in [0.2, 0.25) is 0 Å². The maximum Gasteiger partial charge on any atom is 0.266 e. The van der Waals surface area contributed by atoms with Crippen molar-refractivity contribution in [3.05, 3.63) is 22.5 Å². The Morgan fingerprint density at radius 1 is 1.47 bits per heavy atom. The molecule has 1 fully saturated rings.